The van der Waals surface area contributed by atoms with Gasteiger partial charge in [0.1, 0.15) is 5.75 Å². The summed E-state index contributed by atoms with van der Waals surface area (Å²) < 4.78 is 36.9. The fourth-order valence-corrected chi connectivity index (χ4v) is 3.06. The van der Waals surface area contributed by atoms with E-state index in [0.717, 1.165) is 0 Å². The second-order valence-electron chi connectivity index (χ2n) is 3.57. The zero-order chi connectivity index (χ0) is 14.8. The molecule has 2 N–H and O–H groups in total. The van der Waals surface area contributed by atoms with Crippen molar-refractivity contribution < 1.29 is 17.9 Å². The third-order valence-electron chi connectivity index (χ3n) is 2.31. The lowest BCUT2D eigenvalue weighted by molar-refractivity contribution is 0.382. The zero-order valence-corrected chi connectivity index (χ0v) is 12.9. The highest BCUT2D eigenvalue weighted by molar-refractivity contribution is 9.10. The Bertz CT molecular complexity index is 716. The van der Waals surface area contributed by atoms with Gasteiger partial charge in [0.05, 0.1) is 23.6 Å². The zero-order valence-electron chi connectivity index (χ0n) is 10.5. The predicted octanol–water partition coefficient (Wildman–Crippen LogP) is 1.39. The standard InChI is InChI=1S/C10H11BrN4O4S/c1-18-8-4-3-6(5-7(8)11)20(16,17)15-9-12-10(19-2)14-13-9/h3-5H,1-2H3,(H2,12,13,14,15). The molecule has 1 aromatic carbocycles. The van der Waals surface area contributed by atoms with Crippen LogP contribution in [0.1, 0.15) is 0 Å². The number of H-pyrrole nitrogens is 1. The molecule has 0 fully saturated rings. The molecule has 0 atom stereocenters. The molecule has 8 nitrogen and oxygen atoms in total. The summed E-state index contributed by atoms with van der Waals surface area (Å²) >= 11 is 3.23. The van der Waals surface area contributed by atoms with E-state index in [2.05, 4.69) is 35.8 Å². The number of rotatable bonds is 5. The molecule has 2 rings (SSSR count). The van der Waals surface area contributed by atoms with E-state index in [-0.39, 0.29) is 16.9 Å². The van der Waals surface area contributed by atoms with Crippen molar-refractivity contribution in [3.8, 4) is 11.8 Å². The molecule has 0 saturated heterocycles. The van der Waals surface area contributed by atoms with Gasteiger partial charge in [-0.1, -0.05) is 0 Å². The number of halogens is 1. The Hall–Kier alpha value is -1.81. The molecule has 108 valence electrons. The average Bonchev–Trinajstić information content (AvgIpc) is 2.85. The van der Waals surface area contributed by atoms with Gasteiger partial charge in [-0.2, -0.15) is 4.98 Å². The molecule has 0 aliphatic rings. The van der Waals surface area contributed by atoms with Crippen LogP contribution in [0.3, 0.4) is 0 Å². The van der Waals surface area contributed by atoms with Gasteiger partial charge in [0.25, 0.3) is 10.0 Å². The van der Waals surface area contributed by atoms with E-state index in [9.17, 15) is 8.42 Å². The second kappa shape index (κ2) is 5.67. The number of aromatic amines is 1. The first-order chi connectivity index (χ1) is 9.46. The lowest BCUT2D eigenvalue weighted by Crippen LogP contribution is -2.14. The predicted molar refractivity (Wildman–Crippen MR) is 74.4 cm³/mol. The van der Waals surface area contributed by atoms with E-state index < -0.39 is 10.0 Å². The summed E-state index contributed by atoms with van der Waals surface area (Å²) in [7, 11) is -0.910. The number of hydrogen-bond donors (Lipinski definition) is 2. The first-order valence-corrected chi connectivity index (χ1v) is 7.56. The van der Waals surface area contributed by atoms with Crippen LogP contribution in [-0.4, -0.2) is 37.8 Å². The topological polar surface area (TPSA) is 106 Å². The molecule has 2 aromatic rings. The molecule has 1 aromatic heterocycles. The van der Waals surface area contributed by atoms with Gasteiger partial charge in [0.15, 0.2) is 0 Å². The maximum atomic E-state index is 12.1. The largest absolute Gasteiger partial charge is 0.496 e. The molecule has 1 heterocycles. The molecule has 0 aliphatic heterocycles. The molecule has 0 bridgehead atoms. The van der Waals surface area contributed by atoms with Crippen LogP contribution in [0.2, 0.25) is 0 Å². The Balaban J connectivity index is 2.28. The van der Waals surface area contributed by atoms with Crippen molar-refractivity contribution in [2.45, 2.75) is 4.90 Å². The number of anilines is 1. The van der Waals surface area contributed by atoms with Crippen LogP contribution >= 0.6 is 15.9 Å². The summed E-state index contributed by atoms with van der Waals surface area (Å²) in [5.41, 5.74) is 0. The molecular weight excluding hydrogens is 352 g/mol. The number of methoxy groups -OCH3 is 2. The van der Waals surface area contributed by atoms with Crippen LogP contribution in [0.5, 0.6) is 11.8 Å². The van der Waals surface area contributed by atoms with Crippen LogP contribution in [0.4, 0.5) is 5.95 Å². The SMILES string of the molecule is COc1n[nH]c(NS(=O)(=O)c2ccc(OC)c(Br)c2)n1. The molecule has 0 spiro atoms. The molecule has 0 aliphatic carbocycles. The molecule has 10 heteroatoms. The van der Waals surface area contributed by atoms with Crippen LogP contribution in [-0.2, 0) is 10.0 Å². The summed E-state index contributed by atoms with van der Waals surface area (Å²) in [5, 5.41) is 6.05. The van der Waals surface area contributed by atoms with E-state index in [1.165, 1.54) is 26.4 Å². The van der Waals surface area contributed by atoms with Crippen molar-refractivity contribution in [3.05, 3.63) is 22.7 Å². The maximum Gasteiger partial charge on any atom is 0.336 e. The van der Waals surface area contributed by atoms with Crippen LogP contribution in [0.25, 0.3) is 0 Å². The van der Waals surface area contributed by atoms with Crippen LogP contribution < -0.4 is 14.2 Å². The van der Waals surface area contributed by atoms with Crippen molar-refractivity contribution in [3.63, 3.8) is 0 Å². The van der Waals surface area contributed by atoms with Gasteiger partial charge in [0.2, 0.25) is 5.95 Å². The van der Waals surface area contributed by atoms with Gasteiger partial charge < -0.3 is 9.47 Å². The minimum atomic E-state index is -3.78. The summed E-state index contributed by atoms with van der Waals surface area (Å²) in [5.74, 6) is 0.499. The first-order valence-electron chi connectivity index (χ1n) is 5.29. The lowest BCUT2D eigenvalue weighted by Gasteiger charge is -2.07. The van der Waals surface area contributed by atoms with Crippen molar-refractivity contribution in [1.82, 2.24) is 15.2 Å². The minimum Gasteiger partial charge on any atom is -0.496 e. The van der Waals surface area contributed by atoms with E-state index in [1.807, 2.05) is 0 Å². The Morgan fingerprint density at radius 3 is 2.60 bits per heavy atom. The molecule has 0 radical (unpaired) electrons. The number of sulfonamides is 1. The Morgan fingerprint density at radius 2 is 2.05 bits per heavy atom. The van der Waals surface area contributed by atoms with Gasteiger partial charge >= 0.3 is 6.01 Å². The Morgan fingerprint density at radius 1 is 1.30 bits per heavy atom. The number of nitrogens with zero attached hydrogens (tertiary/aromatic N) is 2. The number of hydrogen-bond acceptors (Lipinski definition) is 6. The lowest BCUT2D eigenvalue weighted by atomic mass is 10.3. The van der Waals surface area contributed by atoms with E-state index in [4.69, 9.17) is 9.47 Å². The van der Waals surface area contributed by atoms with Crippen molar-refractivity contribution >= 4 is 31.9 Å². The van der Waals surface area contributed by atoms with E-state index >= 15 is 0 Å². The van der Waals surface area contributed by atoms with Crippen molar-refractivity contribution in [1.29, 1.82) is 0 Å². The van der Waals surface area contributed by atoms with Gasteiger partial charge in [0, 0.05) is 0 Å². The van der Waals surface area contributed by atoms with E-state index in [0.29, 0.717) is 10.2 Å². The minimum absolute atomic E-state index is 0.0335. The molecule has 20 heavy (non-hydrogen) atoms. The summed E-state index contributed by atoms with van der Waals surface area (Å²) in [4.78, 5) is 3.84. The van der Waals surface area contributed by atoms with Crippen molar-refractivity contribution in [2.24, 2.45) is 0 Å². The third kappa shape index (κ3) is 3.02. The van der Waals surface area contributed by atoms with Gasteiger partial charge in [-0.3, -0.25) is 0 Å². The quantitative estimate of drug-likeness (QED) is 0.832. The summed E-state index contributed by atoms with van der Waals surface area (Å²) in [6, 6.07) is 4.42. The van der Waals surface area contributed by atoms with Crippen LogP contribution in [0.15, 0.2) is 27.6 Å². The van der Waals surface area contributed by atoms with Gasteiger partial charge in [-0.25, -0.2) is 18.2 Å². The number of ether oxygens (including phenoxy) is 2. The highest BCUT2D eigenvalue weighted by Gasteiger charge is 2.18. The first kappa shape index (κ1) is 14.6. The monoisotopic (exact) mass is 362 g/mol. The fraction of sp³-hybridized carbons (Fsp3) is 0.200. The Labute approximate surface area is 123 Å². The number of benzene rings is 1. The van der Waals surface area contributed by atoms with Crippen LogP contribution in [0, 0.1) is 0 Å². The van der Waals surface area contributed by atoms with Crippen molar-refractivity contribution in [2.75, 3.05) is 18.9 Å². The molecule has 0 saturated carbocycles. The summed E-state index contributed by atoms with van der Waals surface area (Å²) in [6.45, 7) is 0. The highest BCUT2D eigenvalue weighted by atomic mass is 79.9. The van der Waals surface area contributed by atoms with E-state index in [1.54, 1.807) is 6.07 Å². The van der Waals surface area contributed by atoms with Gasteiger partial charge in [-0.05, 0) is 34.1 Å². The molecule has 0 unspecified atom stereocenters. The average molecular weight is 363 g/mol. The molecule has 0 amide bonds. The third-order valence-corrected chi connectivity index (χ3v) is 4.27. The maximum absolute atomic E-state index is 12.1. The smallest absolute Gasteiger partial charge is 0.336 e. The normalized spacial score (nSPS) is 11.2. The molecular formula is C10H11BrN4O4S. The van der Waals surface area contributed by atoms with Gasteiger partial charge in [-0.15, -0.1) is 5.10 Å². The second-order valence-corrected chi connectivity index (χ2v) is 6.11. The highest BCUT2D eigenvalue weighted by Crippen LogP contribution is 2.28. The summed E-state index contributed by atoms with van der Waals surface area (Å²) in [6.07, 6.45) is 0. The fourth-order valence-electron chi connectivity index (χ4n) is 1.38. The number of aromatic nitrogens is 3. The number of nitrogens with one attached hydrogen (secondary N) is 2. The Kier molecular flexibility index (Phi) is 4.14.